The fourth-order valence-corrected chi connectivity index (χ4v) is 5.22. The number of hydrogen-bond acceptors (Lipinski definition) is 4. The van der Waals surface area contributed by atoms with Crippen LogP contribution in [0.5, 0.6) is 0 Å². The number of thiazole rings is 1. The highest BCUT2D eigenvalue weighted by molar-refractivity contribution is 7.09. The van der Waals surface area contributed by atoms with Crippen LogP contribution in [0.15, 0.2) is 29.6 Å². The lowest BCUT2D eigenvalue weighted by Gasteiger charge is -2.35. The van der Waals surface area contributed by atoms with E-state index in [-0.39, 0.29) is 0 Å². The number of rotatable bonds is 5. The standard InChI is InChI=1S/C22H28ClN3OS/c23-19-8-6-18(7-9-19)20-16-28-21(24-20)15-25-10-12-26(13-11-25)22(27)14-17-4-2-1-3-5-17/h6-9,16-17H,1-5,10-15H2. The van der Waals surface area contributed by atoms with Crippen molar-refractivity contribution >= 4 is 28.8 Å². The molecule has 150 valence electrons. The summed E-state index contributed by atoms with van der Waals surface area (Å²) in [6.45, 7) is 4.43. The van der Waals surface area contributed by atoms with Gasteiger partial charge in [-0.15, -0.1) is 11.3 Å². The molecule has 1 saturated carbocycles. The fourth-order valence-electron chi connectivity index (χ4n) is 4.25. The first-order valence-corrected chi connectivity index (χ1v) is 11.6. The van der Waals surface area contributed by atoms with E-state index in [1.54, 1.807) is 11.3 Å². The Morgan fingerprint density at radius 2 is 1.79 bits per heavy atom. The minimum Gasteiger partial charge on any atom is -0.340 e. The van der Waals surface area contributed by atoms with E-state index < -0.39 is 0 Å². The average molecular weight is 418 g/mol. The Hall–Kier alpha value is -1.43. The highest BCUT2D eigenvalue weighted by Crippen LogP contribution is 2.27. The smallest absolute Gasteiger partial charge is 0.222 e. The first-order valence-electron chi connectivity index (χ1n) is 10.4. The maximum atomic E-state index is 12.6. The van der Waals surface area contributed by atoms with Crippen LogP contribution in [0.25, 0.3) is 11.3 Å². The summed E-state index contributed by atoms with van der Waals surface area (Å²) in [6.07, 6.45) is 7.20. The molecule has 0 unspecified atom stereocenters. The van der Waals surface area contributed by atoms with Crippen molar-refractivity contribution in [2.75, 3.05) is 26.2 Å². The summed E-state index contributed by atoms with van der Waals surface area (Å²) in [7, 11) is 0. The molecule has 0 atom stereocenters. The molecule has 1 saturated heterocycles. The molecule has 4 nitrogen and oxygen atoms in total. The zero-order valence-corrected chi connectivity index (χ0v) is 17.9. The van der Waals surface area contributed by atoms with Crippen LogP contribution in [0.2, 0.25) is 5.02 Å². The maximum Gasteiger partial charge on any atom is 0.222 e. The SMILES string of the molecule is O=C(CC1CCCCC1)N1CCN(Cc2nc(-c3ccc(Cl)cc3)cs2)CC1. The molecule has 1 aliphatic heterocycles. The summed E-state index contributed by atoms with van der Waals surface area (Å²) in [4.78, 5) is 21.9. The predicted octanol–water partition coefficient (Wildman–Crippen LogP) is 5.08. The molecule has 4 rings (SSSR count). The van der Waals surface area contributed by atoms with Crippen LogP contribution >= 0.6 is 22.9 Å². The molecule has 0 bridgehead atoms. The number of halogens is 1. The summed E-state index contributed by atoms with van der Waals surface area (Å²) in [5.74, 6) is 0.992. The topological polar surface area (TPSA) is 36.4 Å². The number of amides is 1. The van der Waals surface area contributed by atoms with Crippen LogP contribution < -0.4 is 0 Å². The number of hydrogen-bond donors (Lipinski definition) is 0. The summed E-state index contributed by atoms with van der Waals surface area (Å²) in [5, 5.41) is 3.99. The molecule has 0 N–H and O–H groups in total. The third kappa shape index (κ3) is 5.13. The number of nitrogens with zero attached hydrogens (tertiary/aromatic N) is 3. The van der Waals surface area contributed by atoms with Crippen LogP contribution in [0.3, 0.4) is 0 Å². The number of carbonyl (C=O) groups excluding carboxylic acids is 1. The van der Waals surface area contributed by atoms with Crippen LogP contribution in [0.1, 0.15) is 43.5 Å². The first kappa shape index (κ1) is 19.9. The number of carbonyl (C=O) groups is 1. The lowest BCUT2D eigenvalue weighted by Crippen LogP contribution is -2.48. The lowest BCUT2D eigenvalue weighted by molar-refractivity contribution is -0.134. The van der Waals surface area contributed by atoms with Gasteiger partial charge in [0.15, 0.2) is 0 Å². The minimum atomic E-state index is 0.367. The van der Waals surface area contributed by atoms with Crippen molar-refractivity contribution in [2.45, 2.75) is 45.1 Å². The Morgan fingerprint density at radius 1 is 1.07 bits per heavy atom. The number of benzene rings is 1. The van der Waals surface area contributed by atoms with Crippen LogP contribution in [0, 0.1) is 5.92 Å². The predicted molar refractivity (Wildman–Crippen MR) is 116 cm³/mol. The van der Waals surface area contributed by atoms with E-state index >= 15 is 0 Å². The first-order chi connectivity index (χ1) is 13.7. The fraction of sp³-hybridized carbons (Fsp3) is 0.545. The van der Waals surface area contributed by atoms with E-state index in [4.69, 9.17) is 16.6 Å². The van der Waals surface area contributed by atoms with E-state index in [1.165, 1.54) is 32.1 Å². The molecule has 0 spiro atoms. The highest BCUT2D eigenvalue weighted by atomic mass is 35.5. The number of aromatic nitrogens is 1. The third-order valence-electron chi connectivity index (χ3n) is 5.96. The van der Waals surface area contributed by atoms with Gasteiger partial charge in [0.05, 0.1) is 12.2 Å². The number of piperazine rings is 1. The van der Waals surface area contributed by atoms with Gasteiger partial charge >= 0.3 is 0 Å². The Balaban J connectivity index is 1.25. The normalized spacial score (nSPS) is 19.1. The van der Waals surface area contributed by atoms with Crippen molar-refractivity contribution in [2.24, 2.45) is 5.92 Å². The minimum absolute atomic E-state index is 0.367. The van der Waals surface area contributed by atoms with Crippen molar-refractivity contribution in [3.8, 4) is 11.3 Å². The summed E-state index contributed by atoms with van der Waals surface area (Å²) < 4.78 is 0. The van der Waals surface area contributed by atoms with Gasteiger partial charge < -0.3 is 4.90 Å². The molecule has 0 radical (unpaired) electrons. The van der Waals surface area contributed by atoms with Crippen LogP contribution in [0.4, 0.5) is 0 Å². The molecule has 2 heterocycles. The molecule has 1 aromatic heterocycles. The monoisotopic (exact) mass is 417 g/mol. The molecular formula is C22H28ClN3OS. The van der Waals surface area contributed by atoms with Gasteiger partial charge in [0.1, 0.15) is 5.01 Å². The Kier molecular flexibility index (Phi) is 6.65. The molecule has 1 amide bonds. The molecule has 6 heteroatoms. The molecule has 1 aromatic carbocycles. The van der Waals surface area contributed by atoms with E-state index in [1.807, 2.05) is 24.3 Å². The van der Waals surface area contributed by atoms with Crippen molar-refractivity contribution in [3.63, 3.8) is 0 Å². The van der Waals surface area contributed by atoms with E-state index in [9.17, 15) is 4.79 Å². The zero-order chi connectivity index (χ0) is 19.3. The highest BCUT2D eigenvalue weighted by Gasteiger charge is 2.24. The van der Waals surface area contributed by atoms with Crippen LogP contribution in [-0.2, 0) is 11.3 Å². The van der Waals surface area contributed by atoms with Gasteiger partial charge in [-0.25, -0.2) is 4.98 Å². The summed E-state index contributed by atoms with van der Waals surface area (Å²) >= 11 is 7.68. The molecule has 2 aromatic rings. The van der Waals surface area contributed by atoms with Crippen molar-refractivity contribution in [3.05, 3.63) is 39.7 Å². The van der Waals surface area contributed by atoms with Gasteiger partial charge in [0.25, 0.3) is 0 Å². The second-order valence-electron chi connectivity index (χ2n) is 8.00. The van der Waals surface area contributed by atoms with Gasteiger partial charge in [-0.3, -0.25) is 9.69 Å². The van der Waals surface area contributed by atoms with E-state index in [2.05, 4.69) is 15.2 Å². The van der Waals surface area contributed by atoms with Gasteiger partial charge in [-0.05, 0) is 30.9 Å². The molecule has 2 aliphatic rings. The van der Waals surface area contributed by atoms with E-state index in [0.717, 1.165) is 60.4 Å². The Bertz CT molecular complexity index is 777. The molecule has 28 heavy (non-hydrogen) atoms. The molecular weight excluding hydrogens is 390 g/mol. The second kappa shape index (κ2) is 9.38. The van der Waals surface area contributed by atoms with Gasteiger partial charge in [-0.2, -0.15) is 0 Å². The summed E-state index contributed by atoms with van der Waals surface area (Å²) in [5.41, 5.74) is 2.11. The summed E-state index contributed by atoms with van der Waals surface area (Å²) in [6, 6.07) is 7.83. The van der Waals surface area contributed by atoms with Crippen molar-refractivity contribution in [1.82, 2.24) is 14.8 Å². The molecule has 2 fully saturated rings. The van der Waals surface area contributed by atoms with Gasteiger partial charge in [0.2, 0.25) is 5.91 Å². The Morgan fingerprint density at radius 3 is 2.50 bits per heavy atom. The van der Waals surface area contributed by atoms with Crippen LogP contribution in [-0.4, -0.2) is 46.9 Å². The lowest BCUT2D eigenvalue weighted by atomic mass is 9.86. The van der Waals surface area contributed by atoms with E-state index in [0.29, 0.717) is 11.8 Å². The largest absolute Gasteiger partial charge is 0.340 e. The van der Waals surface area contributed by atoms with Crippen molar-refractivity contribution < 1.29 is 4.79 Å². The third-order valence-corrected chi connectivity index (χ3v) is 7.05. The van der Waals surface area contributed by atoms with Gasteiger partial charge in [-0.1, -0.05) is 43.0 Å². The second-order valence-corrected chi connectivity index (χ2v) is 9.38. The quantitative estimate of drug-likeness (QED) is 0.680. The zero-order valence-electron chi connectivity index (χ0n) is 16.3. The molecule has 1 aliphatic carbocycles. The van der Waals surface area contributed by atoms with Gasteiger partial charge in [0, 0.05) is 48.6 Å². The maximum absolute atomic E-state index is 12.6. The van der Waals surface area contributed by atoms with Crippen molar-refractivity contribution in [1.29, 1.82) is 0 Å². The average Bonchev–Trinajstić information content (AvgIpc) is 3.18. The Labute approximate surface area is 176 Å².